The number of nitrogens with two attached hydrogens (primary N) is 1. The maximum Gasteiger partial charge on any atom is 0.167 e. The molecule has 0 radical (unpaired) electrons. The molecule has 1 fully saturated rings. The minimum Gasteiger partial charge on any atom is -0.394 e. The van der Waals surface area contributed by atoms with Gasteiger partial charge in [-0.1, -0.05) is 54.3 Å². The lowest BCUT2D eigenvalue weighted by atomic mass is 10.1. The van der Waals surface area contributed by atoms with Crippen LogP contribution in [-0.2, 0) is 10.5 Å². The molecule has 3 aromatic rings. The molecule has 4 atom stereocenters. The minimum atomic E-state index is -0.990. The first-order chi connectivity index (χ1) is 14.1. The smallest absolute Gasteiger partial charge is 0.167 e. The first kappa shape index (κ1) is 20.0. The summed E-state index contributed by atoms with van der Waals surface area (Å²) in [5, 5.41) is 23.8. The van der Waals surface area contributed by atoms with Crippen molar-refractivity contribution >= 4 is 45.3 Å². The summed E-state index contributed by atoms with van der Waals surface area (Å²) in [6.45, 7) is -0.277. The topological polar surface area (TPSA) is 131 Å². The Morgan fingerprint density at radius 3 is 2.83 bits per heavy atom. The highest BCUT2D eigenvalue weighted by molar-refractivity contribution is 8.22. The monoisotopic (exact) mass is 432 g/mol. The number of aliphatic hydroxyl groups excluding tert-OH is 2. The van der Waals surface area contributed by atoms with Gasteiger partial charge in [0.1, 0.15) is 28.4 Å². The van der Waals surface area contributed by atoms with Gasteiger partial charge in [-0.25, -0.2) is 15.0 Å². The minimum absolute atomic E-state index is 0.244. The van der Waals surface area contributed by atoms with E-state index in [-0.39, 0.29) is 12.4 Å². The molecule has 0 aliphatic carbocycles. The van der Waals surface area contributed by atoms with Gasteiger partial charge in [-0.3, -0.25) is 4.57 Å². The van der Waals surface area contributed by atoms with Crippen molar-refractivity contribution in [3.63, 3.8) is 0 Å². The Morgan fingerprint density at radius 2 is 2.07 bits per heavy atom. The molecule has 0 bridgehead atoms. The number of rotatable bonds is 5. The van der Waals surface area contributed by atoms with E-state index >= 15 is 0 Å². The fraction of sp³-hybridized carbons (Fsp3) is 0.333. The third-order valence-corrected chi connectivity index (χ3v) is 6.04. The number of anilines is 1. The molecule has 5 N–H and O–H groups in total. The average Bonchev–Trinajstić information content (AvgIpc) is 3.29. The van der Waals surface area contributed by atoms with Crippen LogP contribution in [0.5, 0.6) is 0 Å². The number of hydrogen-bond donors (Lipinski definition) is 4. The number of benzene rings is 1. The number of aromatic nitrogens is 4. The van der Waals surface area contributed by atoms with Gasteiger partial charge in [-0.2, -0.15) is 0 Å². The molecule has 11 heteroatoms. The summed E-state index contributed by atoms with van der Waals surface area (Å²) in [7, 11) is 0. The Morgan fingerprint density at radius 1 is 1.28 bits per heavy atom. The number of fused-ring (bicyclic) bond motifs is 1. The van der Waals surface area contributed by atoms with Gasteiger partial charge in [-0.15, -0.1) is 0 Å². The van der Waals surface area contributed by atoms with Crippen LogP contribution in [0.4, 0.5) is 5.82 Å². The molecule has 152 valence electrons. The summed E-state index contributed by atoms with van der Waals surface area (Å²) in [5.74, 6) is 0.944. The van der Waals surface area contributed by atoms with Crippen LogP contribution in [0.25, 0.3) is 11.2 Å². The molecule has 29 heavy (non-hydrogen) atoms. The molecule has 2 aromatic heterocycles. The number of nitrogen functional groups attached to an aromatic ring is 1. The van der Waals surface area contributed by atoms with Crippen molar-refractivity contribution in [1.29, 1.82) is 0 Å². The normalized spacial score (nSPS) is 24.1. The van der Waals surface area contributed by atoms with E-state index in [1.54, 1.807) is 4.57 Å². The summed E-state index contributed by atoms with van der Waals surface area (Å²) >= 11 is 6.87. The van der Waals surface area contributed by atoms with Gasteiger partial charge >= 0.3 is 0 Å². The predicted molar refractivity (Wildman–Crippen MR) is 114 cm³/mol. The van der Waals surface area contributed by atoms with Crippen molar-refractivity contribution < 1.29 is 14.9 Å². The Kier molecular flexibility index (Phi) is 5.92. The highest BCUT2D eigenvalue weighted by Gasteiger charge is 2.45. The molecule has 4 rings (SSSR count). The van der Waals surface area contributed by atoms with E-state index in [1.165, 1.54) is 24.4 Å². The Hall–Kier alpha value is -2.31. The van der Waals surface area contributed by atoms with E-state index in [9.17, 15) is 10.2 Å². The van der Waals surface area contributed by atoms with Gasteiger partial charge in [0, 0.05) is 5.75 Å². The molecular formula is C18H20N6O3S2. The molecule has 0 amide bonds. The zero-order valence-corrected chi connectivity index (χ0v) is 16.9. The second kappa shape index (κ2) is 8.59. The van der Waals surface area contributed by atoms with Crippen LogP contribution in [0.2, 0.25) is 0 Å². The van der Waals surface area contributed by atoms with Gasteiger partial charge in [0.25, 0.3) is 0 Å². The summed E-state index contributed by atoms with van der Waals surface area (Å²) in [6.07, 6.45) is 0.373. The van der Waals surface area contributed by atoms with E-state index in [4.69, 9.17) is 22.7 Å². The zero-order valence-electron chi connectivity index (χ0n) is 15.3. The first-order valence-corrected chi connectivity index (χ1v) is 10.3. The Bertz CT molecular complexity index is 1000. The van der Waals surface area contributed by atoms with Gasteiger partial charge < -0.3 is 26.0 Å². The molecule has 3 heterocycles. The second-order valence-corrected chi connectivity index (χ2v) is 8.21. The number of aliphatic hydroxyl groups is 2. The lowest BCUT2D eigenvalue weighted by Crippen LogP contribution is -2.47. The van der Waals surface area contributed by atoms with Crippen molar-refractivity contribution in [2.24, 2.45) is 0 Å². The van der Waals surface area contributed by atoms with Crippen LogP contribution in [0, 0.1) is 0 Å². The van der Waals surface area contributed by atoms with Crippen LogP contribution in [0.1, 0.15) is 11.8 Å². The van der Waals surface area contributed by atoms with Crippen LogP contribution >= 0.6 is 24.0 Å². The number of hydrogen-bond acceptors (Lipinski definition) is 9. The molecule has 1 aliphatic heterocycles. The van der Waals surface area contributed by atoms with E-state index in [1.807, 2.05) is 30.3 Å². The molecular weight excluding hydrogens is 412 g/mol. The SMILES string of the molecule is Nc1ncnc2c1ncn2C1OC(CO)C(NC(=S)SCc2ccccc2)C1O. The zero-order chi connectivity index (χ0) is 20.4. The number of thiocarbonyl (C=S) groups is 1. The van der Waals surface area contributed by atoms with Crippen molar-refractivity contribution in [2.75, 3.05) is 12.3 Å². The van der Waals surface area contributed by atoms with E-state index in [0.717, 1.165) is 5.56 Å². The summed E-state index contributed by atoms with van der Waals surface area (Å²) < 4.78 is 7.98. The maximum absolute atomic E-state index is 10.9. The number of nitrogens with zero attached hydrogens (tertiary/aromatic N) is 4. The van der Waals surface area contributed by atoms with Gasteiger partial charge in [-0.05, 0) is 5.56 Å². The Balaban J connectivity index is 1.47. The average molecular weight is 433 g/mol. The second-order valence-electron chi connectivity index (χ2n) is 6.55. The maximum atomic E-state index is 10.9. The first-order valence-electron chi connectivity index (χ1n) is 8.93. The number of ether oxygens (including phenoxy) is 1. The number of imidazole rings is 1. The van der Waals surface area contributed by atoms with Crippen LogP contribution in [-0.4, -0.2) is 58.9 Å². The largest absolute Gasteiger partial charge is 0.394 e. The molecule has 1 aromatic carbocycles. The van der Waals surface area contributed by atoms with E-state index in [2.05, 4.69) is 20.3 Å². The van der Waals surface area contributed by atoms with Gasteiger partial charge in [0.2, 0.25) is 0 Å². The highest BCUT2D eigenvalue weighted by atomic mass is 32.2. The quantitative estimate of drug-likeness (QED) is 0.430. The van der Waals surface area contributed by atoms with Crippen molar-refractivity contribution in [1.82, 2.24) is 24.8 Å². The number of nitrogens with one attached hydrogen (secondary N) is 1. The molecule has 1 aliphatic rings. The van der Waals surface area contributed by atoms with Gasteiger partial charge in [0.05, 0.1) is 19.0 Å². The van der Waals surface area contributed by atoms with E-state index in [0.29, 0.717) is 21.2 Å². The molecule has 0 spiro atoms. The lowest BCUT2D eigenvalue weighted by molar-refractivity contribution is -0.0489. The predicted octanol–water partition coefficient (Wildman–Crippen LogP) is 0.836. The lowest BCUT2D eigenvalue weighted by Gasteiger charge is -2.22. The molecule has 4 unspecified atom stereocenters. The van der Waals surface area contributed by atoms with Crippen molar-refractivity contribution in [3.05, 3.63) is 48.5 Å². The van der Waals surface area contributed by atoms with Gasteiger partial charge in [0.15, 0.2) is 17.7 Å². The summed E-state index contributed by atoms with van der Waals surface area (Å²) in [5.41, 5.74) is 7.84. The van der Waals surface area contributed by atoms with E-state index < -0.39 is 24.5 Å². The van der Waals surface area contributed by atoms with Crippen LogP contribution in [0.15, 0.2) is 43.0 Å². The molecule has 1 saturated heterocycles. The molecule has 9 nitrogen and oxygen atoms in total. The standard InChI is InChI=1S/C18H20N6O3S2/c19-15-13-16(21-8-20-15)24(9-22-13)17-14(26)12(11(6-25)27-17)23-18(28)29-7-10-4-2-1-3-5-10/h1-5,8-9,11-12,14,17,25-26H,6-7H2,(H,23,28)(H2,19,20,21). The third-order valence-electron chi connectivity index (χ3n) is 4.71. The summed E-state index contributed by atoms with van der Waals surface area (Å²) in [4.78, 5) is 12.3. The van der Waals surface area contributed by atoms with Crippen molar-refractivity contribution in [3.8, 4) is 0 Å². The fourth-order valence-corrected chi connectivity index (χ4v) is 4.29. The highest BCUT2D eigenvalue weighted by Crippen LogP contribution is 2.32. The number of thioether (sulfide) groups is 1. The molecule has 0 saturated carbocycles. The third kappa shape index (κ3) is 4.05. The van der Waals surface area contributed by atoms with Crippen LogP contribution in [0.3, 0.4) is 0 Å². The summed E-state index contributed by atoms with van der Waals surface area (Å²) in [6, 6.07) is 9.36. The van der Waals surface area contributed by atoms with Crippen molar-refractivity contribution in [2.45, 2.75) is 30.2 Å². The Labute approximate surface area is 176 Å². The fourth-order valence-electron chi connectivity index (χ4n) is 3.26. The van der Waals surface area contributed by atoms with Crippen LogP contribution < -0.4 is 11.1 Å².